The first kappa shape index (κ1) is 13.5. The van der Waals surface area contributed by atoms with Crippen molar-refractivity contribution in [3.8, 4) is 6.07 Å². The minimum absolute atomic E-state index is 0.291. The Morgan fingerprint density at radius 1 is 1.47 bits per heavy atom. The van der Waals surface area contributed by atoms with Crippen LogP contribution in [0.4, 0.5) is 4.79 Å². The number of rotatable bonds is 0. The summed E-state index contributed by atoms with van der Waals surface area (Å²) in [4.78, 5) is 13.7. The summed E-state index contributed by atoms with van der Waals surface area (Å²) in [5.41, 5.74) is 2.33. The minimum Gasteiger partial charge on any atom is -0.444 e. The second-order valence-corrected chi connectivity index (χ2v) is 5.82. The number of fused-ring (bicyclic) bond motifs is 1. The van der Waals surface area contributed by atoms with Crippen LogP contribution in [0.3, 0.4) is 0 Å². The van der Waals surface area contributed by atoms with E-state index in [0.29, 0.717) is 18.8 Å². The van der Waals surface area contributed by atoms with Gasteiger partial charge in [-0.15, -0.1) is 0 Å². The summed E-state index contributed by atoms with van der Waals surface area (Å²) in [5, 5.41) is 9.02. The van der Waals surface area contributed by atoms with E-state index in [4.69, 9.17) is 10.00 Å². The third kappa shape index (κ3) is 2.73. The Bertz CT molecular complexity index is 546. The molecule has 0 radical (unpaired) electrons. The molecule has 19 heavy (non-hydrogen) atoms. The molecule has 0 aromatic carbocycles. The average molecular weight is 261 g/mol. The van der Waals surface area contributed by atoms with Crippen molar-refractivity contribution in [2.24, 2.45) is 7.05 Å². The van der Waals surface area contributed by atoms with E-state index in [0.717, 1.165) is 17.7 Å². The number of carbonyl (C=O) groups excluding carboxylic acids is 1. The molecular weight excluding hydrogens is 242 g/mol. The molecule has 0 aliphatic carbocycles. The Labute approximate surface area is 113 Å². The second kappa shape index (κ2) is 4.61. The van der Waals surface area contributed by atoms with E-state index in [1.165, 1.54) is 0 Å². The van der Waals surface area contributed by atoms with Crippen LogP contribution in [-0.2, 0) is 24.8 Å². The predicted octanol–water partition coefficient (Wildman–Crippen LogP) is 2.19. The van der Waals surface area contributed by atoms with Gasteiger partial charge in [-0.2, -0.15) is 5.26 Å². The Hall–Kier alpha value is -1.96. The Kier molecular flexibility index (Phi) is 3.27. The Morgan fingerprint density at radius 2 is 2.16 bits per heavy atom. The molecule has 2 heterocycles. The van der Waals surface area contributed by atoms with Crippen LogP contribution in [0.2, 0.25) is 0 Å². The number of hydrogen-bond acceptors (Lipinski definition) is 3. The van der Waals surface area contributed by atoms with Gasteiger partial charge in [0.2, 0.25) is 0 Å². The molecule has 0 unspecified atom stereocenters. The molecule has 0 spiro atoms. The number of carbonyl (C=O) groups is 1. The van der Waals surface area contributed by atoms with Crippen molar-refractivity contribution >= 4 is 6.09 Å². The first-order valence-corrected chi connectivity index (χ1v) is 6.37. The zero-order valence-electron chi connectivity index (χ0n) is 11.9. The summed E-state index contributed by atoms with van der Waals surface area (Å²) in [6.07, 6.45) is 0.466. The summed E-state index contributed by atoms with van der Waals surface area (Å²) in [6.45, 7) is 6.72. The highest BCUT2D eigenvalue weighted by Crippen LogP contribution is 2.23. The van der Waals surface area contributed by atoms with E-state index < -0.39 is 5.60 Å². The molecule has 102 valence electrons. The Morgan fingerprint density at radius 3 is 2.74 bits per heavy atom. The molecule has 0 fully saturated rings. The van der Waals surface area contributed by atoms with E-state index >= 15 is 0 Å². The highest BCUT2D eigenvalue weighted by atomic mass is 16.6. The maximum absolute atomic E-state index is 12.0. The topological polar surface area (TPSA) is 58.3 Å². The van der Waals surface area contributed by atoms with Crippen LogP contribution in [0.15, 0.2) is 6.07 Å². The van der Waals surface area contributed by atoms with E-state index in [-0.39, 0.29) is 6.09 Å². The first-order valence-electron chi connectivity index (χ1n) is 6.37. The van der Waals surface area contributed by atoms with Gasteiger partial charge in [-0.3, -0.25) is 0 Å². The predicted molar refractivity (Wildman–Crippen MR) is 70.5 cm³/mol. The van der Waals surface area contributed by atoms with Crippen LogP contribution in [0.5, 0.6) is 0 Å². The van der Waals surface area contributed by atoms with Gasteiger partial charge in [0.15, 0.2) is 0 Å². The SMILES string of the molecule is Cn1c(C#N)cc2c1CCN(C(=O)OC(C)(C)C)C2. The molecule has 5 nitrogen and oxygen atoms in total. The van der Waals surface area contributed by atoms with Gasteiger partial charge in [0.25, 0.3) is 0 Å². The molecule has 5 heteroatoms. The zero-order chi connectivity index (χ0) is 14.2. The fourth-order valence-corrected chi connectivity index (χ4v) is 2.29. The molecule has 0 bridgehead atoms. The van der Waals surface area contributed by atoms with E-state index in [9.17, 15) is 4.79 Å². The lowest BCUT2D eigenvalue weighted by atomic mass is 10.1. The highest BCUT2D eigenvalue weighted by Gasteiger charge is 2.27. The Balaban J connectivity index is 2.15. The van der Waals surface area contributed by atoms with Gasteiger partial charge in [0.1, 0.15) is 17.4 Å². The van der Waals surface area contributed by atoms with Crippen LogP contribution >= 0.6 is 0 Å². The fraction of sp³-hybridized carbons (Fsp3) is 0.571. The molecule has 1 aromatic rings. The molecule has 2 rings (SSSR count). The second-order valence-electron chi connectivity index (χ2n) is 5.82. The van der Waals surface area contributed by atoms with Crippen molar-refractivity contribution in [2.75, 3.05) is 6.54 Å². The number of ether oxygens (including phenoxy) is 1. The summed E-state index contributed by atoms with van der Waals surface area (Å²) in [5.74, 6) is 0. The van der Waals surface area contributed by atoms with Crippen LogP contribution in [0, 0.1) is 11.3 Å². The smallest absolute Gasteiger partial charge is 0.410 e. The molecule has 0 atom stereocenters. The van der Waals surface area contributed by atoms with Crippen molar-refractivity contribution in [2.45, 2.75) is 39.3 Å². The van der Waals surface area contributed by atoms with E-state index in [1.807, 2.05) is 38.5 Å². The van der Waals surface area contributed by atoms with Gasteiger partial charge in [-0.05, 0) is 32.4 Å². The van der Waals surface area contributed by atoms with Gasteiger partial charge in [-0.1, -0.05) is 0 Å². The molecule has 1 amide bonds. The van der Waals surface area contributed by atoms with Crippen molar-refractivity contribution < 1.29 is 9.53 Å². The lowest BCUT2D eigenvalue weighted by Crippen LogP contribution is -2.40. The fourth-order valence-electron chi connectivity index (χ4n) is 2.29. The van der Waals surface area contributed by atoms with E-state index in [2.05, 4.69) is 6.07 Å². The molecule has 0 saturated heterocycles. The largest absolute Gasteiger partial charge is 0.444 e. The van der Waals surface area contributed by atoms with Gasteiger partial charge in [-0.25, -0.2) is 4.79 Å². The minimum atomic E-state index is -0.480. The average Bonchev–Trinajstić information content (AvgIpc) is 2.63. The number of aromatic nitrogens is 1. The molecule has 1 aliphatic heterocycles. The first-order chi connectivity index (χ1) is 8.81. The molecular formula is C14H19N3O2. The van der Waals surface area contributed by atoms with Crippen LogP contribution in [0.1, 0.15) is 37.7 Å². The molecule has 0 saturated carbocycles. The van der Waals surface area contributed by atoms with Crippen LogP contribution < -0.4 is 0 Å². The molecule has 0 N–H and O–H groups in total. The van der Waals surface area contributed by atoms with Crippen molar-refractivity contribution in [1.82, 2.24) is 9.47 Å². The lowest BCUT2D eigenvalue weighted by Gasteiger charge is -2.30. The van der Waals surface area contributed by atoms with Gasteiger partial charge in [0.05, 0.1) is 6.54 Å². The standard InChI is InChI=1S/C14H19N3O2/c1-14(2,3)19-13(18)17-6-5-12-10(9-17)7-11(8-15)16(12)4/h7H,5-6,9H2,1-4H3. The van der Waals surface area contributed by atoms with E-state index in [1.54, 1.807) is 4.90 Å². The number of nitrogens with zero attached hydrogens (tertiary/aromatic N) is 3. The normalized spacial score (nSPS) is 14.8. The van der Waals surface area contributed by atoms with Gasteiger partial charge in [0, 0.05) is 25.7 Å². The lowest BCUT2D eigenvalue weighted by molar-refractivity contribution is 0.0222. The molecule has 1 aromatic heterocycles. The summed E-state index contributed by atoms with van der Waals surface area (Å²) in [6, 6.07) is 4.02. The zero-order valence-corrected chi connectivity index (χ0v) is 11.9. The maximum Gasteiger partial charge on any atom is 0.410 e. The summed E-state index contributed by atoms with van der Waals surface area (Å²) < 4.78 is 7.28. The number of nitriles is 1. The number of amides is 1. The van der Waals surface area contributed by atoms with Crippen LogP contribution in [0.25, 0.3) is 0 Å². The van der Waals surface area contributed by atoms with Crippen molar-refractivity contribution in [3.05, 3.63) is 23.0 Å². The maximum atomic E-state index is 12.0. The van der Waals surface area contributed by atoms with Crippen molar-refractivity contribution in [3.63, 3.8) is 0 Å². The highest BCUT2D eigenvalue weighted by molar-refractivity contribution is 5.68. The van der Waals surface area contributed by atoms with Crippen LogP contribution in [-0.4, -0.2) is 27.7 Å². The quantitative estimate of drug-likeness (QED) is 0.719. The third-order valence-corrected chi connectivity index (χ3v) is 3.19. The number of hydrogen-bond donors (Lipinski definition) is 0. The molecule has 1 aliphatic rings. The van der Waals surface area contributed by atoms with Crippen molar-refractivity contribution in [1.29, 1.82) is 5.26 Å². The summed E-state index contributed by atoms with van der Waals surface area (Å²) >= 11 is 0. The van der Waals surface area contributed by atoms with Gasteiger partial charge >= 0.3 is 6.09 Å². The monoisotopic (exact) mass is 261 g/mol. The van der Waals surface area contributed by atoms with Gasteiger partial charge < -0.3 is 14.2 Å². The third-order valence-electron chi connectivity index (χ3n) is 3.19. The summed E-state index contributed by atoms with van der Waals surface area (Å²) in [7, 11) is 1.89.